The zero-order chi connectivity index (χ0) is 16.5. The average Bonchev–Trinajstić information content (AvgIpc) is 2.47. The largest absolute Gasteiger partial charge is 0.508 e. The molecule has 124 valence electrons. The molecule has 2 N–H and O–H groups in total. The first-order valence-corrected chi connectivity index (χ1v) is 8.37. The summed E-state index contributed by atoms with van der Waals surface area (Å²) in [6, 6.07) is 5.03. The van der Waals surface area contributed by atoms with Crippen LogP contribution in [0.3, 0.4) is 0 Å². The van der Waals surface area contributed by atoms with Crippen molar-refractivity contribution in [3.8, 4) is 5.75 Å². The first-order chi connectivity index (χ1) is 10.4. The number of phenols is 1. The zero-order valence-corrected chi connectivity index (χ0v) is 14.1. The SMILES string of the molecule is CC(C)CCC[C@@H](C)CC[C@H](O)c1ccc(O)c(CC=O)c1. The van der Waals surface area contributed by atoms with Crippen LogP contribution >= 0.6 is 0 Å². The van der Waals surface area contributed by atoms with Gasteiger partial charge in [0.15, 0.2) is 0 Å². The van der Waals surface area contributed by atoms with Gasteiger partial charge in [0, 0.05) is 12.0 Å². The summed E-state index contributed by atoms with van der Waals surface area (Å²) >= 11 is 0. The summed E-state index contributed by atoms with van der Waals surface area (Å²) in [5.74, 6) is 1.48. The molecular formula is C19H30O3. The van der Waals surface area contributed by atoms with E-state index >= 15 is 0 Å². The van der Waals surface area contributed by atoms with E-state index in [0.717, 1.165) is 24.2 Å². The quantitative estimate of drug-likeness (QED) is 0.629. The van der Waals surface area contributed by atoms with Crippen molar-refractivity contribution in [2.24, 2.45) is 11.8 Å². The highest BCUT2D eigenvalue weighted by Crippen LogP contribution is 2.27. The van der Waals surface area contributed by atoms with Gasteiger partial charge in [-0.1, -0.05) is 46.1 Å². The standard InChI is InChI=1S/C19H30O3/c1-14(2)5-4-6-15(3)7-9-18(21)16-8-10-19(22)17(13-16)11-12-20/h8,10,12-15,18,21-22H,4-7,9,11H2,1-3H3/t15-,18+/m1/s1. The minimum absolute atomic E-state index is 0.116. The third kappa shape index (κ3) is 6.61. The van der Waals surface area contributed by atoms with Crippen molar-refractivity contribution < 1.29 is 15.0 Å². The predicted molar refractivity (Wildman–Crippen MR) is 89.9 cm³/mol. The molecule has 1 aromatic rings. The van der Waals surface area contributed by atoms with Crippen molar-refractivity contribution in [2.45, 2.75) is 65.4 Å². The smallest absolute Gasteiger partial charge is 0.124 e. The van der Waals surface area contributed by atoms with Gasteiger partial charge in [-0.15, -0.1) is 0 Å². The topological polar surface area (TPSA) is 57.5 Å². The minimum Gasteiger partial charge on any atom is -0.508 e. The van der Waals surface area contributed by atoms with Crippen molar-refractivity contribution >= 4 is 6.29 Å². The number of aliphatic hydroxyl groups excluding tert-OH is 1. The molecule has 0 aliphatic heterocycles. The van der Waals surface area contributed by atoms with E-state index in [1.54, 1.807) is 18.2 Å². The monoisotopic (exact) mass is 306 g/mol. The van der Waals surface area contributed by atoms with Crippen LogP contribution in [0, 0.1) is 11.8 Å². The molecule has 3 nitrogen and oxygen atoms in total. The van der Waals surface area contributed by atoms with Gasteiger partial charge in [-0.05, 0) is 42.4 Å². The Balaban J connectivity index is 2.46. The number of aromatic hydroxyl groups is 1. The molecule has 1 aromatic carbocycles. The maximum Gasteiger partial charge on any atom is 0.124 e. The maximum absolute atomic E-state index is 10.6. The summed E-state index contributed by atoms with van der Waals surface area (Å²) < 4.78 is 0. The fourth-order valence-corrected chi connectivity index (χ4v) is 2.69. The van der Waals surface area contributed by atoms with E-state index in [0.29, 0.717) is 17.9 Å². The lowest BCUT2D eigenvalue weighted by Gasteiger charge is -2.16. The first-order valence-electron chi connectivity index (χ1n) is 8.37. The summed E-state index contributed by atoms with van der Waals surface area (Å²) in [7, 11) is 0. The molecule has 0 aliphatic carbocycles. The van der Waals surface area contributed by atoms with E-state index in [1.807, 2.05) is 0 Å². The Labute approximate surface area is 134 Å². The summed E-state index contributed by atoms with van der Waals surface area (Å²) in [5, 5.41) is 20.0. The summed E-state index contributed by atoms with van der Waals surface area (Å²) in [5.41, 5.74) is 1.36. The highest BCUT2D eigenvalue weighted by molar-refractivity contribution is 5.57. The Bertz CT molecular complexity index is 454. The van der Waals surface area contributed by atoms with Crippen LogP contribution in [0.25, 0.3) is 0 Å². The number of hydrogen-bond acceptors (Lipinski definition) is 3. The number of aldehydes is 1. The van der Waals surface area contributed by atoms with Gasteiger partial charge < -0.3 is 15.0 Å². The van der Waals surface area contributed by atoms with Gasteiger partial charge in [0.1, 0.15) is 12.0 Å². The number of benzene rings is 1. The van der Waals surface area contributed by atoms with E-state index in [9.17, 15) is 15.0 Å². The minimum atomic E-state index is -0.529. The van der Waals surface area contributed by atoms with Gasteiger partial charge in [-0.25, -0.2) is 0 Å². The van der Waals surface area contributed by atoms with E-state index in [-0.39, 0.29) is 12.2 Å². The third-order valence-corrected chi connectivity index (χ3v) is 4.20. The second-order valence-corrected chi connectivity index (χ2v) is 6.78. The molecule has 0 saturated carbocycles. The fraction of sp³-hybridized carbons (Fsp3) is 0.632. The van der Waals surface area contributed by atoms with Crippen molar-refractivity contribution in [3.05, 3.63) is 29.3 Å². The summed E-state index contributed by atoms with van der Waals surface area (Å²) in [4.78, 5) is 10.6. The number of aliphatic hydroxyl groups is 1. The van der Waals surface area contributed by atoms with Crippen molar-refractivity contribution in [2.75, 3.05) is 0 Å². The van der Waals surface area contributed by atoms with Crippen LogP contribution < -0.4 is 0 Å². The van der Waals surface area contributed by atoms with E-state index in [2.05, 4.69) is 20.8 Å². The third-order valence-electron chi connectivity index (χ3n) is 4.20. The van der Waals surface area contributed by atoms with Gasteiger partial charge in [-0.2, -0.15) is 0 Å². The molecule has 0 saturated heterocycles. The van der Waals surface area contributed by atoms with Crippen LogP contribution in [-0.4, -0.2) is 16.5 Å². The number of phenolic OH excluding ortho intramolecular Hbond substituents is 1. The Kier molecular flexibility index (Phi) is 8.18. The molecule has 0 aromatic heterocycles. The van der Waals surface area contributed by atoms with E-state index < -0.39 is 6.10 Å². The molecule has 2 atom stereocenters. The van der Waals surface area contributed by atoms with Crippen LogP contribution in [0.4, 0.5) is 0 Å². The molecule has 0 fully saturated rings. The molecule has 1 rings (SSSR count). The average molecular weight is 306 g/mol. The van der Waals surface area contributed by atoms with Crippen LogP contribution in [0.1, 0.15) is 70.1 Å². The van der Waals surface area contributed by atoms with Gasteiger partial charge in [0.25, 0.3) is 0 Å². The second kappa shape index (κ2) is 9.62. The molecule has 0 spiro atoms. The van der Waals surface area contributed by atoms with Gasteiger partial charge in [0.2, 0.25) is 0 Å². The number of carbonyl (C=O) groups excluding carboxylic acids is 1. The van der Waals surface area contributed by atoms with Crippen LogP contribution in [0.2, 0.25) is 0 Å². The van der Waals surface area contributed by atoms with Gasteiger partial charge in [0.05, 0.1) is 6.10 Å². The highest BCUT2D eigenvalue weighted by atomic mass is 16.3. The Morgan fingerprint density at radius 2 is 1.82 bits per heavy atom. The normalized spacial score (nSPS) is 14.0. The number of hydrogen-bond donors (Lipinski definition) is 2. The second-order valence-electron chi connectivity index (χ2n) is 6.78. The van der Waals surface area contributed by atoms with Crippen LogP contribution in [0.15, 0.2) is 18.2 Å². The molecule has 22 heavy (non-hydrogen) atoms. The lowest BCUT2D eigenvalue weighted by atomic mass is 9.93. The molecule has 0 heterocycles. The predicted octanol–water partition coefficient (Wildman–Crippen LogP) is 4.41. The Morgan fingerprint density at radius 1 is 1.09 bits per heavy atom. The van der Waals surface area contributed by atoms with Gasteiger partial charge in [-0.3, -0.25) is 0 Å². The maximum atomic E-state index is 10.6. The lowest BCUT2D eigenvalue weighted by molar-refractivity contribution is -0.107. The number of rotatable bonds is 10. The highest BCUT2D eigenvalue weighted by Gasteiger charge is 2.12. The van der Waals surface area contributed by atoms with Crippen molar-refractivity contribution in [1.29, 1.82) is 0 Å². The molecule has 3 heteroatoms. The zero-order valence-electron chi connectivity index (χ0n) is 14.1. The van der Waals surface area contributed by atoms with Crippen molar-refractivity contribution in [1.82, 2.24) is 0 Å². The van der Waals surface area contributed by atoms with E-state index in [1.165, 1.54) is 19.3 Å². The lowest BCUT2D eigenvalue weighted by Crippen LogP contribution is -2.03. The molecule has 0 amide bonds. The van der Waals surface area contributed by atoms with Gasteiger partial charge >= 0.3 is 0 Å². The van der Waals surface area contributed by atoms with Crippen LogP contribution in [0.5, 0.6) is 5.75 Å². The Morgan fingerprint density at radius 3 is 2.45 bits per heavy atom. The number of carbonyl (C=O) groups is 1. The first kappa shape index (κ1) is 18.7. The molecule has 0 bridgehead atoms. The molecule has 0 unspecified atom stereocenters. The Hall–Kier alpha value is -1.35. The molecular weight excluding hydrogens is 276 g/mol. The van der Waals surface area contributed by atoms with Crippen LogP contribution in [-0.2, 0) is 11.2 Å². The fourth-order valence-electron chi connectivity index (χ4n) is 2.69. The summed E-state index contributed by atoms with van der Waals surface area (Å²) in [6.07, 6.45) is 5.84. The summed E-state index contributed by atoms with van der Waals surface area (Å²) in [6.45, 7) is 6.73. The molecule has 0 radical (unpaired) electrons. The molecule has 0 aliphatic rings. The van der Waals surface area contributed by atoms with Crippen molar-refractivity contribution in [3.63, 3.8) is 0 Å². The van der Waals surface area contributed by atoms with E-state index in [4.69, 9.17) is 0 Å².